The van der Waals surface area contributed by atoms with Gasteiger partial charge in [-0.3, -0.25) is 0 Å². The normalized spacial score (nSPS) is 14.8. The Bertz CT molecular complexity index is 442. The van der Waals surface area contributed by atoms with E-state index in [1.807, 2.05) is 0 Å². The zero-order valence-corrected chi connectivity index (χ0v) is 12.7. The molecule has 0 aliphatic rings. The highest BCUT2D eigenvalue weighted by Gasteiger charge is 2.60. The molecule has 0 spiro atoms. The van der Waals surface area contributed by atoms with Crippen molar-refractivity contribution < 1.29 is 26.3 Å². The topological polar surface area (TPSA) is 0 Å². The maximum absolute atomic E-state index is 12.6. The monoisotopic (exact) mass is 432 g/mol. The molecule has 0 bridgehead atoms. The summed E-state index contributed by atoms with van der Waals surface area (Å²) in [6, 6.07) is 3.90. The van der Waals surface area contributed by atoms with Gasteiger partial charge in [-0.2, -0.15) is 26.3 Å². The third-order valence-electron chi connectivity index (χ3n) is 2.25. The van der Waals surface area contributed by atoms with E-state index in [9.17, 15) is 26.3 Å². The molecule has 0 radical (unpaired) electrons. The van der Waals surface area contributed by atoms with Crippen molar-refractivity contribution in [1.29, 1.82) is 0 Å². The average Bonchev–Trinajstić information content (AvgIpc) is 2.17. The predicted octanol–water partition coefficient (Wildman–Crippen LogP) is 6.23. The molecule has 1 atom stereocenters. The number of alkyl halides is 7. The van der Waals surface area contributed by atoms with Gasteiger partial charge >= 0.3 is 12.4 Å². The minimum atomic E-state index is -5.48. The lowest BCUT2D eigenvalue weighted by atomic mass is 9.97. The molecule has 1 unspecified atom stereocenters. The van der Waals surface area contributed by atoms with Gasteiger partial charge in [-0.15, -0.1) is 11.6 Å². The Morgan fingerprint density at radius 3 is 1.84 bits per heavy atom. The first kappa shape index (κ1) is 17.1. The molecule has 0 aliphatic carbocycles. The third kappa shape index (κ3) is 4.26. The molecule has 1 rings (SSSR count). The lowest BCUT2D eigenvalue weighted by Gasteiger charge is -2.27. The van der Waals surface area contributed by atoms with Crippen LogP contribution in [0.4, 0.5) is 26.3 Å². The van der Waals surface area contributed by atoms with Gasteiger partial charge in [0.25, 0.3) is 0 Å². The second kappa shape index (κ2) is 5.81. The highest BCUT2D eigenvalue weighted by atomic mass is 79.9. The van der Waals surface area contributed by atoms with Gasteiger partial charge in [0.2, 0.25) is 0 Å². The van der Waals surface area contributed by atoms with Gasteiger partial charge in [-0.25, -0.2) is 0 Å². The molecular formula is C10H5Br2ClF6. The van der Waals surface area contributed by atoms with Crippen molar-refractivity contribution in [1.82, 2.24) is 0 Å². The maximum Gasteiger partial charge on any atom is 0.402 e. The summed E-state index contributed by atoms with van der Waals surface area (Å²) in [6.45, 7) is 0. The summed E-state index contributed by atoms with van der Waals surface area (Å²) in [5.74, 6) is -3.63. The van der Waals surface area contributed by atoms with Crippen LogP contribution in [-0.2, 0) is 0 Å². The highest BCUT2D eigenvalue weighted by molar-refractivity contribution is 9.11. The van der Waals surface area contributed by atoms with Crippen molar-refractivity contribution in [2.45, 2.75) is 17.7 Å². The quantitative estimate of drug-likeness (QED) is 0.382. The Labute approximate surface area is 126 Å². The average molecular weight is 434 g/mol. The summed E-state index contributed by atoms with van der Waals surface area (Å²) in [7, 11) is 0. The molecule has 0 N–H and O–H groups in total. The van der Waals surface area contributed by atoms with E-state index in [2.05, 4.69) is 31.9 Å². The summed E-state index contributed by atoms with van der Waals surface area (Å²) >= 11 is 11.3. The van der Waals surface area contributed by atoms with Crippen molar-refractivity contribution in [3.05, 3.63) is 32.7 Å². The molecule has 0 aromatic heterocycles. The fourth-order valence-corrected chi connectivity index (χ4v) is 2.89. The largest absolute Gasteiger partial charge is 0.402 e. The van der Waals surface area contributed by atoms with Crippen LogP contribution in [0, 0.1) is 5.92 Å². The number of benzene rings is 1. The zero-order chi connectivity index (χ0) is 15.0. The van der Waals surface area contributed by atoms with Gasteiger partial charge in [-0.05, 0) is 23.8 Å². The van der Waals surface area contributed by atoms with Gasteiger partial charge in [0.1, 0.15) is 0 Å². The molecule has 108 valence electrons. The van der Waals surface area contributed by atoms with Crippen molar-refractivity contribution in [3.63, 3.8) is 0 Å². The maximum atomic E-state index is 12.6. The minimum absolute atomic E-state index is 0.0780. The molecular weight excluding hydrogens is 429 g/mol. The number of halogens is 9. The fraction of sp³-hybridized carbons (Fsp3) is 0.400. The van der Waals surface area contributed by atoms with E-state index in [4.69, 9.17) is 11.6 Å². The van der Waals surface area contributed by atoms with Crippen LogP contribution >= 0.6 is 43.5 Å². The van der Waals surface area contributed by atoms with Crippen molar-refractivity contribution >= 4 is 43.5 Å². The molecule has 1 aromatic carbocycles. The van der Waals surface area contributed by atoms with Crippen LogP contribution in [-0.4, -0.2) is 12.4 Å². The Morgan fingerprint density at radius 1 is 0.947 bits per heavy atom. The number of hydrogen-bond acceptors (Lipinski definition) is 0. The van der Waals surface area contributed by atoms with Gasteiger partial charge in [0, 0.05) is 8.95 Å². The van der Waals surface area contributed by atoms with Crippen LogP contribution in [0.1, 0.15) is 10.9 Å². The molecule has 0 saturated carbocycles. The summed E-state index contributed by atoms with van der Waals surface area (Å²) in [5.41, 5.74) is -0.282. The van der Waals surface area contributed by atoms with Crippen LogP contribution < -0.4 is 0 Å². The van der Waals surface area contributed by atoms with E-state index >= 15 is 0 Å². The standard InChI is InChI=1S/C10H5Br2ClF6/c11-4-1-2-6(12)5(3-4)7(13)8(9(14,15)16)10(17,18)19/h1-3,7-8H. The van der Waals surface area contributed by atoms with E-state index in [-0.39, 0.29) is 10.0 Å². The Balaban J connectivity index is 3.28. The van der Waals surface area contributed by atoms with Crippen LogP contribution in [0.15, 0.2) is 27.1 Å². The second-order valence-corrected chi connectivity index (χ2v) is 5.87. The molecule has 0 saturated heterocycles. The first-order valence-corrected chi connectivity index (χ1v) is 6.69. The molecule has 19 heavy (non-hydrogen) atoms. The molecule has 0 amide bonds. The summed E-state index contributed by atoms with van der Waals surface area (Å²) in [6.07, 6.45) is -11.0. The molecule has 0 aliphatic heterocycles. The van der Waals surface area contributed by atoms with E-state index in [0.717, 1.165) is 6.07 Å². The van der Waals surface area contributed by atoms with E-state index in [1.54, 1.807) is 0 Å². The first-order valence-electron chi connectivity index (χ1n) is 4.67. The Morgan fingerprint density at radius 2 is 1.42 bits per heavy atom. The van der Waals surface area contributed by atoms with Gasteiger partial charge in [0.15, 0.2) is 5.92 Å². The molecule has 9 heteroatoms. The van der Waals surface area contributed by atoms with Crippen molar-refractivity contribution in [3.8, 4) is 0 Å². The van der Waals surface area contributed by atoms with Gasteiger partial charge < -0.3 is 0 Å². The SMILES string of the molecule is FC(F)(F)C(C(Cl)c1cc(Br)ccc1Br)C(F)(F)F. The zero-order valence-electron chi connectivity index (χ0n) is 8.79. The third-order valence-corrected chi connectivity index (χ3v) is 3.96. The van der Waals surface area contributed by atoms with E-state index in [0.29, 0.717) is 4.47 Å². The molecule has 0 nitrogen and oxygen atoms in total. The smallest absolute Gasteiger partial charge is 0.170 e. The highest BCUT2D eigenvalue weighted by Crippen LogP contribution is 2.50. The van der Waals surface area contributed by atoms with E-state index in [1.165, 1.54) is 12.1 Å². The van der Waals surface area contributed by atoms with Crippen molar-refractivity contribution in [2.75, 3.05) is 0 Å². The summed E-state index contributed by atoms with van der Waals surface area (Å²) in [4.78, 5) is 0. The minimum Gasteiger partial charge on any atom is -0.170 e. The van der Waals surface area contributed by atoms with Gasteiger partial charge in [-0.1, -0.05) is 31.9 Å². The predicted molar refractivity (Wildman–Crippen MR) is 66.0 cm³/mol. The summed E-state index contributed by atoms with van der Waals surface area (Å²) in [5, 5.41) is -2.27. The number of hydrogen-bond donors (Lipinski definition) is 0. The lowest BCUT2D eigenvalue weighted by Crippen LogP contribution is -2.39. The fourth-order valence-electron chi connectivity index (χ4n) is 1.42. The number of rotatable bonds is 2. The Kier molecular flexibility index (Phi) is 5.23. The molecule has 1 aromatic rings. The lowest BCUT2D eigenvalue weighted by molar-refractivity contribution is -0.284. The second-order valence-electron chi connectivity index (χ2n) is 3.63. The summed E-state index contributed by atoms with van der Waals surface area (Å²) < 4.78 is 75.7. The molecule has 0 fully saturated rings. The van der Waals surface area contributed by atoms with Crippen LogP contribution in [0.25, 0.3) is 0 Å². The van der Waals surface area contributed by atoms with Crippen molar-refractivity contribution in [2.24, 2.45) is 5.92 Å². The van der Waals surface area contributed by atoms with Crippen LogP contribution in [0.2, 0.25) is 0 Å². The van der Waals surface area contributed by atoms with Crippen LogP contribution in [0.3, 0.4) is 0 Å². The van der Waals surface area contributed by atoms with Crippen LogP contribution in [0.5, 0.6) is 0 Å². The molecule has 0 heterocycles. The first-order chi connectivity index (χ1) is 8.44. The Hall–Kier alpha value is 0.0500. The van der Waals surface area contributed by atoms with E-state index < -0.39 is 23.6 Å². The van der Waals surface area contributed by atoms with Gasteiger partial charge in [0.05, 0.1) is 5.38 Å².